The molecule has 0 saturated heterocycles. The second-order valence-electron chi connectivity index (χ2n) is 4.62. The van der Waals surface area contributed by atoms with E-state index in [9.17, 15) is 4.79 Å². The van der Waals surface area contributed by atoms with Gasteiger partial charge in [0.05, 0.1) is 5.69 Å². The molecule has 0 aliphatic heterocycles. The zero-order valence-corrected chi connectivity index (χ0v) is 11.0. The summed E-state index contributed by atoms with van der Waals surface area (Å²) in [6.07, 6.45) is 0.581. The molecule has 1 heterocycles. The Bertz CT molecular complexity index is 376. The lowest BCUT2D eigenvalue weighted by molar-refractivity contribution is -0.140. The van der Waals surface area contributed by atoms with Crippen molar-refractivity contribution in [2.24, 2.45) is 5.92 Å². The summed E-state index contributed by atoms with van der Waals surface area (Å²) in [5, 5.41) is 15.9. The molecule has 0 saturated carbocycles. The minimum Gasteiger partial charge on any atom is -0.480 e. The first-order valence-electron chi connectivity index (χ1n) is 5.92. The van der Waals surface area contributed by atoms with E-state index >= 15 is 0 Å². The summed E-state index contributed by atoms with van der Waals surface area (Å²) in [5.41, 5.74) is 0.678. The SMILES string of the molecule is COCc1cc(CNC(CC(C)C)C(=O)O)no1. The van der Waals surface area contributed by atoms with Crippen LogP contribution >= 0.6 is 0 Å². The molecule has 6 nitrogen and oxygen atoms in total. The summed E-state index contributed by atoms with van der Waals surface area (Å²) in [5.74, 6) is 0.106. The van der Waals surface area contributed by atoms with E-state index in [2.05, 4.69) is 10.5 Å². The quantitative estimate of drug-likeness (QED) is 0.731. The van der Waals surface area contributed by atoms with E-state index < -0.39 is 12.0 Å². The Labute approximate surface area is 106 Å². The summed E-state index contributed by atoms with van der Waals surface area (Å²) in [6.45, 7) is 4.72. The van der Waals surface area contributed by atoms with Gasteiger partial charge in [0.2, 0.25) is 0 Å². The third-order valence-electron chi connectivity index (χ3n) is 2.43. The Morgan fingerprint density at radius 2 is 2.33 bits per heavy atom. The number of hydrogen-bond acceptors (Lipinski definition) is 5. The number of carbonyl (C=O) groups is 1. The van der Waals surface area contributed by atoms with Gasteiger partial charge in [0.1, 0.15) is 12.6 Å². The van der Waals surface area contributed by atoms with Crippen LogP contribution < -0.4 is 5.32 Å². The van der Waals surface area contributed by atoms with Crippen molar-refractivity contribution in [3.8, 4) is 0 Å². The topological polar surface area (TPSA) is 84.6 Å². The van der Waals surface area contributed by atoms with Crippen LogP contribution in [0.15, 0.2) is 10.6 Å². The van der Waals surface area contributed by atoms with E-state index in [0.717, 1.165) is 0 Å². The third kappa shape index (κ3) is 4.85. The summed E-state index contributed by atoms with van der Waals surface area (Å²) in [7, 11) is 1.57. The highest BCUT2D eigenvalue weighted by Gasteiger charge is 2.18. The molecular weight excluding hydrogens is 236 g/mol. The molecule has 1 unspecified atom stereocenters. The highest BCUT2D eigenvalue weighted by atomic mass is 16.5. The van der Waals surface area contributed by atoms with Crippen molar-refractivity contribution in [2.75, 3.05) is 7.11 Å². The minimum absolute atomic E-state index is 0.319. The van der Waals surface area contributed by atoms with Gasteiger partial charge < -0.3 is 14.4 Å². The van der Waals surface area contributed by atoms with Crippen LogP contribution in [0.3, 0.4) is 0 Å². The fraction of sp³-hybridized carbons (Fsp3) is 0.667. The van der Waals surface area contributed by atoms with Gasteiger partial charge in [-0.3, -0.25) is 10.1 Å². The van der Waals surface area contributed by atoms with Crippen LogP contribution in [0.25, 0.3) is 0 Å². The van der Waals surface area contributed by atoms with Gasteiger partial charge in [-0.25, -0.2) is 0 Å². The second-order valence-corrected chi connectivity index (χ2v) is 4.62. The number of methoxy groups -OCH3 is 1. The maximum atomic E-state index is 11.0. The van der Waals surface area contributed by atoms with Crippen LogP contribution in [0.5, 0.6) is 0 Å². The molecule has 0 aliphatic rings. The lowest BCUT2D eigenvalue weighted by atomic mass is 10.0. The van der Waals surface area contributed by atoms with Crippen molar-refractivity contribution in [3.63, 3.8) is 0 Å². The molecule has 1 aromatic heterocycles. The molecule has 2 N–H and O–H groups in total. The molecule has 0 spiro atoms. The highest BCUT2D eigenvalue weighted by Crippen LogP contribution is 2.08. The number of nitrogens with one attached hydrogen (secondary N) is 1. The van der Waals surface area contributed by atoms with Gasteiger partial charge in [-0.15, -0.1) is 0 Å². The average molecular weight is 256 g/mol. The first kappa shape index (κ1) is 14.7. The van der Waals surface area contributed by atoms with Crippen LogP contribution in [-0.4, -0.2) is 29.4 Å². The van der Waals surface area contributed by atoms with Crippen LogP contribution in [0.4, 0.5) is 0 Å². The van der Waals surface area contributed by atoms with Gasteiger partial charge in [-0.2, -0.15) is 0 Å². The largest absolute Gasteiger partial charge is 0.480 e. The van der Waals surface area contributed by atoms with E-state index in [1.54, 1.807) is 13.2 Å². The molecule has 0 amide bonds. The molecule has 6 heteroatoms. The number of aliphatic carboxylic acids is 1. The maximum Gasteiger partial charge on any atom is 0.320 e. The smallest absolute Gasteiger partial charge is 0.320 e. The average Bonchev–Trinajstić information content (AvgIpc) is 2.72. The van der Waals surface area contributed by atoms with E-state index in [1.165, 1.54) is 0 Å². The summed E-state index contributed by atoms with van der Waals surface area (Å²) in [6, 6.07) is 1.19. The fourth-order valence-electron chi connectivity index (χ4n) is 1.62. The number of carboxylic acid groups (broad SMARTS) is 1. The summed E-state index contributed by atoms with van der Waals surface area (Å²) >= 11 is 0. The van der Waals surface area contributed by atoms with Gasteiger partial charge in [0.25, 0.3) is 0 Å². The molecule has 1 atom stereocenters. The minimum atomic E-state index is -0.843. The number of aromatic nitrogens is 1. The first-order valence-corrected chi connectivity index (χ1v) is 5.92. The summed E-state index contributed by atoms with van der Waals surface area (Å²) < 4.78 is 9.93. The molecule has 0 fully saturated rings. The number of carboxylic acids is 1. The van der Waals surface area contributed by atoms with E-state index in [-0.39, 0.29) is 0 Å². The zero-order chi connectivity index (χ0) is 13.5. The lowest BCUT2D eigenvalue weighted by Crippen LogP contribution is -2.37. The fourth-order valence-corrected chi connectivity index (χ4v) is 1.62. The number of rotatable bonds is 8. The molecule has 1 rings (SSSR count). The van der Waals surface area contributed by atoms with Gasteiger partial charge in [0, 0.05) is 19.7 Å². The third-order valence-corrected chi connectivity index (χ3v) is 2.43. The van der Waals surface area contributed by atoms with Gasteiger partial charge in [-0.05, 0) is 12.3 Å². The Balaban J connectivity index is 2.47. The first-order chi connectivity index (χ1) is 8.52. The van der Waals surface area contributed by atoms with Crippen LogP contribution in [-0.2, 0) is 22.7 Å². The molecule has 0 aromatic carbocycles. The Morgan fingerprint density at radius 3 is 2.89 bits per heavy atom. The van der Waals surface area contributed by atoms with Crippen molar-refractivity contribution in [1.29, 1.82) is 0 Å². The van der Waals surface area contributed by atoms with Crippen molar-refractivity contribution in [3.05, 3.63) is 17.5 Å². The molecule has 0 bridgehead atoms. The molecular formula is C12H20N2O4. The molecule has 0 aliphatic carbocycles. The van der Waals surface area contributed by atoms with Crippen molar-refractivity contribution >= 4 is 5.97 Å². The van der Waals surface area contributed by atoms with Crippen molar-refractivity contribution in [2.45, 2.75) is 39.5 Å². The molecule has 1 aromatic rings. The zero-order valence-electron chi connectivity index (χ0n) is 11.0. The molecule has 102 valence electrons. The molecule has 18 heavy (non-hydrogen) atoms. The van der Waals surface area contributed by atoms with Crippen LogP contribution in [0.2, 0.25) is 0 Å². The van der Waals surface area contributed by atoms with E-state index in [0.29, 0.717) is 36.9 Å². The predicted molar refractivity (Wildman–Crippen MR) is 64.9 cm³/mol. The Hall–Kier alpha value is -1.40. The number of nitrogens with zero attached hydrogens (tertiary/aromatic N) is 1. The second kappa shape index (κ2) is 7.13. The normalized spacial score (nSPS) is 12.9. The van der Waals surface area contributed by atoms with Crippen molar-refractivity contribution < 1.29 is 19.2 Å². The van der Waals surface area contributed by atoms with E-state index in [4.69, 9.17) is 14.4 Å². The van der Waals surface area contributed by atoms with Crippen molar-refractivity contribution in [1.82, 2.24) is 10.5 Å². The number of hydrogen-bond donors (Lipinski definition) is 2. The number of ether oxygens (including phenoxy) is 1. The standard InChI is InChI=1S/C12H20N2O4/c1-8(2)4-11(12(15)16)13-6-9-5-10(7-17-3)18-14-9/h5,8,11,13H,4,6-7H2,1-3H3,(H,15,16). The predicted octanol–water partition coefficient (Wildman–Crippen LogP) is 1.41. The van der Waals surface area contributed by atoms with Gasteiger partial charge >= 0.3 is 5.97 Å². The monoisotopic (exact) mass is 256 g/mol. The van der Waals surface area contributed by atoms with Crippen LogP contribution in [0.1, 0.15) is 31.7 Å². The highest BCUT2D eigenvalue weighted by molar-refractivity contribution is 5.73. The Kier molecular flexibility index (Phi) is 5.80. The summed E-state index contributed by atoms with van der Waals surface area (Å²) in [4.78, 5) is 11.0. The lowest BCUT2D eigenvalue weighted by Gasteiger charge is -2.15. The Morgan fingerprint density at radius 1 is 1.61 bits per heavy atom. The van der Waals surface area contributed by atoms with Crippen LogP contribution in [0, 0.1) is 5.92 Å². The molecule has 0 radical (unpaired) electrons. The van der Waals surface area contributed by atoms with Gasteiger partial charge in [-0.1, -0.05) is 19.0 Å². The van der Waals surface area contributed by atoms with E-state index in [1.807, 2.05) is 13.8 Å². The van der Waals surface area contributed by atoms with Gasteiger partial charge in [0.15, 0.2) is 5.76 Å². The maximum absolute atomic E-state index is 11.0.